The van der Waals surface area contributed by atoms with Crippen LogP contribution in [0.25, 0.3) is 0 Å². The van der Waals surface area contributed by atoms with E-state index in [0.717, 1.165) is 44.5 Å². The molecule has 0 bridgehead atoms. The lowest BCUT2D eigenvalue weighted by atomic mass is 9.80. The maximum atomic E-state index is 14.0. The van der Waals surface area contributed by atoms with Crippen LogP contribution in [0.5, 0.6) is 0 Å². The molecule has 0 unspecified atom stereocenters. The second kappa shape index (κ2) is 18.8. The molecule has 0 fully saturated rings. The van der Waals surface area contributed by atoms with Gasteiger partial charge in [0.15, 0.2) is 0 Å². The molecule has 0 radical (unpaired) electrons. The van der Waals surface area contributed by atoms with Crippen molar-refractivity contribution in [1.82, 2.24) is 0 Å². The molecule has 274 valence electrons. The molecule has 6 aromatic rings. The number of aryl methyl sites for hydroxylation is 1. The summed E-state index contributed by atoms with van der Waals surface area (Å²) in [5.41, 5.74) is 6.65. The van der Waals surface area contributed by atoms with Crippen molar-refractivity contribution in [2.45, 2.75) is 44.0 Å². The van der Waals surface area contributed by atoms with E-state index in [0.29, 0.717) is 19.3 Å². The highest BCUT2D eigenvalue weighted by atomic mass is 16.5. The first-order valence-corrected chi connectivity index (χ1v) is 18.4. The van der Waals surface area contributed by atoms with Crippen LogP contribution < -0.4 is 0 Å². The van der Waals surface area contributed by atoms with Gasteiger partial charge in [-0.1, -0.05) is 170 Å². The van der Waals surface area contributed by atoms with Crippen LogP contribution in [0.4, 0.5) is 0 Å². The molecule has 1 N–H and O–H groups in total. The van der Waals surface area contributed by atoms with Gasteiger partial charge in [0, 0.05) is 0 Å². The Kier molecular flexibility index (Phi) is 13.2. The molecule has 0 saturated heterocycles. The largest absolute Gasteiger partial charge is 0.469 e. The normalized spacial score (nSPS) is 12.4. The number of rotatable bonds is 17. The lowest BCUT2D eigenvalue weighted by molar-refractivity contribution is -0.159. The Morgan fingerprint density at radius 3 is 1.59 bits per heavy atom. The zero-order valence-electron chi connectivity index (χ0n) is 30.6. The molecule has 2 atom stereocenters. The minimum atomic E-state index is -1.07. The molecular formula is C48H46O6. The summed E-state index contributed by atoms with van der Waals surface area (Å²) in [5.74, 6) is -1.76. The summed E-state index contributed by atoms with van der Waals surface area (Å²) in [4.78, 5) is 25.8. The van der Waals surface area contributed by atoms with Gasteiger partial charge in [0.1, 0.15) is 18.1 Å². The van der Waals surface area contributed by atoms with Crippen LogP contribution in [0.2, 0.25) is 0 Å². The molecule has 0 amide bonds. The molecule has 6 nitrogen and oxygen atoms in total. The van der Waals surface area contributed by atoms with Crippen molar-refractivity contribution in [1.29, 1.82) is 0 Å². The second-order valence-corrected chi connectivity index (χ2v) is 13.5. The number of carbonyl (C=O) groups is 2. The van der Waals surface area contributed by atoms with Gasteiger partial charge in [-0.15, -0.1) is 0 Å². The zero-order valence-corrected chi connectivity index (χ0v) is 30.6. The first kappa shape index (κ1) is 37.9. The topological polar surface area (TPSA) is 82.1 Å². The average molecular weight is 719 g/mol. The van der Waals surface area contributed by atoms with Crippen LogP contribution in [0.15, 0.2) is 170 Å². The standard InChI is InChI=1S/C48H46O6/c1-52-46(50)33-40-21-15-20-39(32-40)31-38-19-14-18-36(30-38)28-29-45(49)44(47(51)53-34-37-16-6-2-7-17-37)35-54-48(41-22-8-3-9-23-41,42-24-10-4-11-25-42)43-26-12-5-13-27-43/h2-27,30,32,44-45,49H,28-29,31,33-35H2,1H3/t44-,45+/m0/s1. The Hall–Kier alpha value is -5.82. The van der Waals surface area contributed by atoms with Gasteiger partial charge >= 0.3 is 11.9 Å². The van der Waals surface area contributed by atoms with Crippen LogP contribution in [0.1, 0.15) is 50.9 Å². The van der Waals surface area contributed by atoms with E-state index in [4.69, 9.17) is 14.2 Å². The van der Waals surface area contributed by atoms with Gasteiger partial charge in [-0.05, 0) is 63.8 Å². The van der Waals surface area contributed by atoms with E-state index >= 15 is 0 Å². The summed E-state index contributed by atoms with van der Waals surface area (Å²) in [6.45, 7) is 0.00237. The molecule has 0 saturated carbocycles. The van der Waals surface area contributed by atoms with E-state index in [2.05, 4.69) is 12.1 Å². The summed E-state index contributed by atoms with van der Waals surface area (Å²) in [5, 5.41) is 11.9. The number of aliphatic hydroxyl groups excluding tert-OH is 1. The van der Waals surface area contributed by atoms with E-state index < -0.39 is 23.6 Å². The van der Waals surface area contributed by atoms with Crippen molar-refractivity contribution in [2.24, 2.45) is 5.92 Å². The van der Waals surface area contributed by atoms with Crippen LogP contribution in [-0.2, 0) is 55.3 Å². The zero-order chi connectivity index (χ0) is 37.6. The van der Waals surface area contributed by atoms with Crippen LogP contribution in [0, 0.1) is 5.92 Å². The van der Waals surface area contributed by atoms with Crippen molar-refractivity contribution in [3.63, 3.8) is 0 Å². The maximum absolute atomic E-state index is 14.0. The van der Waals surface area contributed by atoms with E-state index in [1.807, 2.05) is 158 Å². The Morgan fingerprint density at radius 1 is 0.593 bits per heavy atom. The van der Waals surface area contributed by atoms with E-state index in [1.54, 1.807) is 0 Å². The number of benzene rings is 6. The van der Waals surface area contributed by atoms with Crippen LogP contribution in [0.3, 0.4) is 0 Å². The van der Waals surface area contributed by atoms with Gasteiger partial charge in [-0.2, -0.15) is 0 Å². The summed E-state index contributed by atoms with van der Waals surface area (Å²) in [7, 11) is 1.39. The fourth-order valence-electron chi connectivity index (χ4n) is 6.89. The van der Waals surface area contributed by atoms with Gasteiger partial charge < -0.3 is 19.3 Å². The van der Waals surface area contributed by atoms with Crippen molar-refractivity contribution in [2.75, 3.05) is 13.7 Å². The molecule has 0 aliphatic carbocycles. The van der Waals surface area contributed by atoms with Crippen LogP contribution >= 0.6 is 0 Å². The highest BCUT2D eigenvalue weighted by molar-refractivity contribution is 5.73. The van der Waals surface area contributed by atoms with Gasteiger partial charge in [-0.25, -0.2) is 0 Å². The van der Waals surface area contributed by atoms with Crippen molar-refractivity contribution in [3.05, 3.63) is 214 Å². The number of carbonyl (C=O) groups excluding carboxylic acids is 2. The number of methoxy groups -OCH3 is 1. The number of aliphatic hydroxyl groups is 1. The molecule has 0 aliphatic heterocycles. The van der Waals surface area contributed by atoms with E-state index in [1.165, 1.54) is 7.11 Å². The number of ether oxygens (including phenoxy) is 3. The maximum Gasteiger partial charge on any atom is 0.314 e. The van der Waals surface area contributed by atoms with Crippen LogP contribution in [-0.4, -0.2) is 36.9 Å². The molecule has 0 aromatic heterocycles. The van der Waals surface area contributed by atoms with Gasteiger partial charge in [0.05, 0.1) is 26.2 Å². The number of hydrogen-bond donors (Lipinski definition) is 1. The molecule has 0 spiro atoms. The number of hydrogen-bond acceptors (Lipinski definition) is 6. The first-order valence-electron chi connectivity index (χ1n) is 18.4. The Morgan fingerprint density at radius 2 is 1.06 bits per heavy atom. The van der Waals surface area contributed by atoms with Crippen molar-refractivity contribution in [3.8, 4) is 0 Å². The molecule has 6 rings (SSSR count). The lowest BCUT2D eigenvalue weighted by Crippen LogP contribution is -2.40. The van der Waals surface area contributed by atoms with Gasteiger partial charge in [0.25, 0.3) is 0 Å². The molecular weight excluding hydrogens is 673 g/mol. The van der Waals surface area contributed by atoms with E-state index in [9.17, 15) is 14.7 Å². The third-order valence-corrected chi connectivity index (χ3v) is 9.71. The summed E-state index contributed by atoms with van der Waals surface area (Å²) < 4.78 is 17.7. The lowest BCUT2D eigenvalue weighted by Gasteiger charge is -2.37. The SMILES string of the molecule is COC(=O)Cc1cccc(Cc2cccc(CC[C@@H](O)[C@H](COC(c3ccccc3)(c3ccccc3)c3ccccc3)C(=O)OCc3ccccc3)c2)c1. The predicted molar refractivity (Wildman–Crippen MR) is 211 cm³/mol. The summed E-state index contributed by atoms with van der Waals surface area (Å²) in [6.07, 6.45) is 0.730. The minimum Gasteiger partial charge on any atom is -0.469 e. The highest BCUT2D eigenvalue weighted by Crippen LogP contribution is 2.41. The first-order chi connectivity index (χ1) is 26.4. The third kappa shape index (κ3) is 9.78. The Labute approximate surface area is 318 Å². The third-order valence-electron chi connectivity index (χ3n) is 9.71. The van der Waals surface area contributed by atoms with E-state index in [-0.39, 0.29) is 25.6 Å². The second-order valence-electron chi connectivity index (χ2n) is 13.5. The molecule has 0 heterocycles. The predicted octanol–water partition coefficient (Wildman–Crippen LogP) is 8.65. The Balaban J connectivity index is 1.24. The fourth-order valence-corrected chi connectivity index (χ4v) is 6.89. The fraction of sp³-hybridized carbons (Fsp3) is 0.208. The number of esters is 2. The summed E-state index contributed by atoms with van der Waals surface area (Å²) >= 11 is 0. The smallest absolute Gasteiger partial charge is 0.314 e. The highest BCUT2D eigenvalue weighted by Gasteiger charge is 2.40. The average Bonchev–Trinajstić information content (AvgIpc) is 3.22. The molecule has 54 heavy (non-hydrogen) atoms. The minimum absolute atomic E-state index is 0.0879. The quantitative estimate of drug-likeness (QED) is 0.0751. The molecule has 6 heteroatoms. The van der Waals surface area contributed by atoms with Gasteiger partial charge in [0.2, 0.25) is 0 Å². The molecule has 0 aliphatic rings. The molecule has 6 aromatic carbocycles. The summed E-state index contributed by atoms with van der Waals surface area (Å²) in [6, 6.07) is 55.7. The monoisotopic (exact) mass is 718 g/mol. The van der Waals surface area contributed by atoms with Crippen molar-refractivity contribution < 1.29 is 28.9 Å². The van der Waals surface area contributed by atoms with Gasteiger partial charge in [-0.3, -0.25) is 9.59 Å². The Bertz CT molecular complexity index is 1970. The van der Waals surface area contributed by atoms with Crippen molar-refractivity contribution >= 4 is 11.9 Å².